The summed E-state index contributed by atoms with van der Waals surface area (Å²) >= 11 is 0. The lowest BCUT2D eigenvalue weighted by Crippen LogP contribution is -2.46. The van der Waals surface area contributed by atoms with Gasteiger partial charge < -0.3 is 5.32 Å². The van der Waals surface area contributed by atoms with E-state index in [-0.39, 0.29) is 11.9 Å². The van der Waals surface area contributed by atoms with Crippen LogP contribution in [0.4, 0.5) is 0 Å². The molecule has 0 spiro atoms. The number of nitrogens with zero attached hydrogens (tertiary/aromatic N) is 1. The Morgan fingerprint density at radius 3 is 2.44 bits per heavy atom. The third kappa shape index (κ3) is 4.12. The summed E-state index contributed by atoms with van der Waals surface area (Å²) in [5, 5.41) is 2.80. The van der Waals surface area contributed by atoms with Crippen molar-refractivity contribution in [3.8, 4) is 0 Å². The van der Waals surface area contributed by atoms with Gasteiger partial charge in [0.15, 0.2) is 0 Å². The van der Waals surface area contributed by atoms with Crippen LogP contribution in [0.1, 0.15) is 51.9 Å². The first-order valence-corrected chi connectivity index (χ1v) is 6.75. The topological polar surface area (TPSA) is 32.3 Å². The van der Waals surface area contributed by atoms with Crippen LogP contribution in [0.3, 0.4) is 0 Å². The Bertz CT molecular complexity index is 206. The minimum atomic E-state index is 0.105. The normalized spacial score (nSPS) is 25.0. The summed E-state index contributed by atoms with van der Waals surface area (Å²) in [7, 11) is 1.75. The van der Waals surface area contributed by atoms with E-state index in [1.807, 2.05) is 0 Å². The molecule has 1 atom stereocenters. The Balaban J connectivity index is 2.58. The van der Waals surface area contributed by atoms with Crippen molar-refractivity contribution in [3.05, 3.63) is 0 Å². The lowest BCUT2D eigenvalue weighted by Gasteiger charge is -2.30. The zero-order valence-corrected chi connectivity index (χ0v) is 10.8. The smallest absolute Gasteiger partial charge is 0.237 e. The van der Waals surface area contributed by atoms with Crippen LogP contribution in [0.2, 0.25) is 0 Å². The van der Waals surface area contributed by atoms with Gasteiger partial charge in [0.1, 0.15) is 0 Å². The molecule has 1 N–H and O–H groups in total. The van der Waals surface area contributed by atoms with Gasteiger partial charge in [-0.25, -0.2) is 0 Å². The van der Waals surface area contributed by atoms with Gasteiger partial charge in [-0.05, 0) is 25.9 Å². The highest BCUT2D eigenvalue weighted by Crippen LogP contribution is 2.16. The maximum atomic E-state index is 11.8. The number of hydrogen-bond acceptors (Lipinski definition) is 2. The SMILES string of the molecule is CCN1CCCCCCCCC1C(=O)NC. The van der Waals surface area contributed by atoms with Gasteiger partial charge >= 0.3 is 0 Å². The van der Waals surface area contributed by atoms with Gasteiger partial charge in [-0.3, -0.25) is 9.69 Å². The second kappa shape index (κ2) is 7.66. The molecule has 0 aromatic rings. The Kier molecular flexibility index (Phi) is 6.46. The highest BCUT2D eigenvalue weighted by molar-refractivity contribution is 5.81. The van der Waals surface area contributed by atoms with Crippen LogP contribution in [0.5, 0.6) is 0 Å². The van der Waals surface area contributed by atoms with Gasteiger partial charge in [-0.2, -0.15) is 0 Å². The minimum Gasteiger partial charge on any atom is -0.358 e. The van der Waals surface area contributed by atoms with Crippen molar-refractivity contribution in [2.24, 2.45) is 0 Å². The summed E-state index contributed by atoms with van der Waals surface area (Å²) in [5.41, 5.74) is 0. The molecule has 1 unspecified atom stereocenters. The van der Waals surface area contributed by atoms with E-state index < -0.39 is 0 Å². The van der Waals surface area contributed by atoms with Crippen molar-refractivity contribution in [1.82, 2.24) is 10.2 Å². The fourth-order valence-electron chi connectivity index (χ4n) is 2.54. The zero-order chi connectivity index (χ0) is 11.8. The highest BCUT2D eigenvalue weighted by Gasteiger charge is 2.23. The lowest BCUT2D eigenvalue weighted by molar-refractivity contribution is -0.126. The molecule has 1 rings (SSSR count). The van der Waals surface area contributed by atoms with E-state index in [2.05, 4.69) is 17.1 Å². The molecular weight excluding hydrogens is 200 g/mol. The minimum absolute atomic E-state index is 0.105. The third-order valence-electron chi connectivity index (χ3n) is 3.57. The molecule has 3 nitrogen and oxygen atoms in total. The Labute approximate surface area is 99.6 Å². The van der Waals surface area contributed by atoms with Crippen molar-refractivity contribution in [1.29, 1.82) is 0 Å². The van der Waals surface area contributed by atoms with Gasteiger partial charge in [0.25, 0.3) is 0 Å². The van der Waals surface area contributed by atoms with Crippen molar-refractivity contribution in [2.75, 3.05) is 20.1 Å². The predicted octanol–water partition coefficient (Wildman–Crippen LogP) is 2.17. The average Bonchev–Trinajstić information content (AvgIpc) is 2.34. The molecule has 1 aliphatic heterocycles. The third-order valence-corrected chi connectivity index (χ3v) is 3.57. The molecule has 0 aromatic carbocycles. The van der Waals surface area contributed by atoms with Gasteiger partial charge in [0, 0.05) is 7.05 Å². The molecule has 1 saturated heterocycles. The predicted molar refractivity (Wildman–Crippen MR) is 67.4 cm³/mol. The van der Waals surface area contributed by atoms with Crippen LogP contribution in [0, 0.1) is 0 Å². The van der Waals surface area contributed by atoms with Crippen LogP contribution in [0.15, 0.2) is 0 Å². The lowest BCUT2D eigenvalue weighted by atomic mass is 10.0. The van der Waals surface area contributed by atoms with E-state index in [1.54, 1.807) is 7.05 Å². The van der Waals surface area contributed by atoms with E-state index >= 15 is 0 Å². The molecule has 1 amide bonds. The van der Waals surface area contributed by atoms with Crippen molar-refractivity contribution >= 4 is 5.91 Å². The molecule has 1 heterocycles. The second-order valence-electron chi connectivity index (χ2n) is 4.67. The fraction of sp³-hybridized carbons (Fsp3) is 0.923. The van der Waals surface area contributed by atoms with E-state index in [4.69, 9.17) is 0 Å². The maximum Gasteiger partial charge on any atom is 0.237 e. The van der Waals surface area contributed by atoms with Crippen LogP contribution >= 0.6 is 0 Å². The first-order valence-electron chi connectivity index (χ1n) is 6.75. The summed E-state index contributed by atoms with van der Waals surface area (Å²) < 4.78 is 0. The molecule has 3 heteroatoms. The van der Waals surface area contributed by atoms with E-state index in [9.17, 15) is 4.79 Å². The van der Waals surface area contributed by atoms with Crippen LogP contribution in [-0.2, 0) is 4.79 Å². The number of rotatable bonds is 2. The molecule has 16 heavy (non-hydrogen) atoms. The summed E-state index contributed by atoms with van der Waals surface area (Å²) in [6.07, 6.45) is 8.75. The number of amides is 1. The number of carbonyl (C=O) groups excluding carboxylic acids is 1. The van der Waals surface area contributed by atoms with E-state index in [1.165, 1.54) is 38.5 Å². The zero-order valence-electron chi connectivity index (χ0n) is 10.8. The highest BCUT2D eigenvalue weighted by atomic mass is 16.2. The van der Waals surface area contributed by atoms with Gasteiger partial charge in [-0.1, -0.05) is 39.0 Å². The molecule has 0 aliphatic carbocycles. The number of hydrogen-bond donors (Lipinski definition) is 1. The summed E-state index contributed by atoms with van der Waals surface area (Å²) in [6.45, 7) is 4.22. The summed E-state index contributed by atoms with van der Waals surface area (Å²) in [4.78, 5) is 14.2. The Hall–Kier alpha value is -0.570. The standard InChI is InChI=1S/C13H26N2O/c1-3-15-11-9-7-5-4-6-8-10-12(15)13(16)14-2/h12H,3-11H2,1-2H3,(H,14,16). The molecule has 0 aromatic heterocycles. The van der Waals surface area contributed by atoms with Gasteiger partial charge in [0.05, 0.1) is 6.04 Å². The molecule has 1 aliphatic rings. The number of nitrogens with one attached hydrogen (secondary N) is 1. The fourth-order valence-corrected chi connectivity index (χ4v) is 2.54. The first kappa shape index (κ1) is 13.5. The Morgan fingerprint density at radius 2 is 1.81 bits per heavy atom. The number of carbonyl (C=O) groups is 1. The summed E-state index contributed by atoms with van der Waals surface area (Å²) in [5.74, 6) is 0.197. The average molecular weight is 226 g/mol. The molecule has 94 valence electrons. The van der Waals surface area contributed by atoms with Crippen molar-refractivity contribution in [3.63, 3.8) is 0 Å². The quantitative estimate of drug-likeness (QED) is 0.782. The molecule has 0 radical (unpaired) electrons. The number of likely N-dealkylation sites (N-methyl/N-ethyl adjacent to an activating group) is 2. The van der Waals surface area contributed by atoms with Crippen LogP contribution in [0.25, 0.3) is 0 Å². The molecule has 1 fully saturated rings. The monoisotopic (exact) mass is 226 g/mol. The molecule has 0 bridgehead atoms. The van der Waals surface area contributed by atoms with Crippen LogP contribution < -0.4 is 5.32 Å². The first-order chi connectivity index (χ1) is 7.79. The van der Waals surface area contributed by atoms with E-state index in [0.29, 0.717) is 0 Å². The van der Waals surface area contributed by atoms with Crippen molar-refractivity contribution in [2.45, 2.75) is 57.9 Å². The van der Waals surface area contributed by atoms with Crippen molar-refractivity contribution < 1.29 is 4.79 Å². The second-order valence-corrected chi connectivity index (χ2v) is 4.67. The van der Waals surface area contributed by atoms with Gasteiger partial charge in [0.2, 0.25) is 5.91 Å². The maximum absolute atomic E-state index is 11.8. The molecule has 0 saturated carbocycles. The molecular formula is C13H26N2O. The van der Waals surface area contributed by atoms with Crippen LogP contribution in [-0.4, -0.2) is 37.0 Å². The largest absolute Gasteiger partial charge is 0.358 e. The Morgan fingerprint density at radius 1 is 1.19 bits per heavy atom. The van der Waals surface area contributed by atoms with Gasteiger partial charge in [-0.15, -0.1) is 0 Å². The van der Waals surface area contributed by atoms with E-state index in [0.717, 1.165) is 19.5 Å². The summed E-state index contributed by atoms with van der Waals surface area (Å²) in [6, 6.07) is 0.105.